The molecular weight excluding hydrogens is 258 g/mol. The number of morpholine rings is 1. The fourth-order valence-electron chi connectivity index (χ4n) is 2.32. The number of para-hydroxylation sites is 1. The van der Waals surface area contributed by atoms with Gasteiger partial charge in [0.1, 0.15) is 5.75 Å². The van der Waals surface area contributed by atoms with Crippen LogP contribution in [0.4, 0.5) is 0 Å². The predicted octanol–water partition coefficient (Wildman–Crippen LogP) is 0.902. The molecule has 1 N–H and O–H groups in total. The topological polar surface area (TPSA) is 59.0 Å². The second-order valence-electron chi connectivity index (χ2n) is 5.11. The summed E-state index contributed by atoms with van der Waals surface area (Å²) in [5.74, 6) is 0.366. The van der Waals surface area contributed by atoms with Crippen molar-refractivity contribution in [1.82, 2.24) is 4.90 Å². The van der Waals surface area contributed by atoms with Crippen molar-refractivity contribution >= 4 is 5.97 Å². The summed E-state index contributed by atoms with van der Waals surface area (Å²) in [6.45, 7) is 5.80. The summed E-state index contributed by atoms with van der Waals surface area (Å²) in [5.41, 5.74) is 1.90. The van der Waals surface area contributed by atoms with Crippen LogP contribution < -0.4 is 4.74 Å². The van der Waals surface area contributed by atoms with Crippen LogP contribution in [0.25, 0.3) is 0 Å². The lowest BCUT2D eigenvalue weighted by atomic mass is 10.1. The van der Waals surface area contributed by atoms with Crippen LogP contribution in [0.2, 0.25) is 0 Å². The number of hydrogen-bond acceptors (Lipinski definition) is 5. The molecule has 0 bridgehead atoms. The molecule has 0 amide bonds. The molecule has 0 saturated carbocycles. The van der Waals surface area contributed by atoms with E-state index in [1.165, 1.54) is 0 Å². The van der Waals surface area contributed by atoms with Gasteiger partial charge in [0, 0.05) is 13.1 Å². The molecule has 1 saturated heterocycles. The highest BCUT2D eigenvalue weighted by molar-refractivity contribution is 5.75. The first-order valence-corrected chi connectivity index (χ1v) is 6.82. The Kier molecular flexibility index (Phi) is 5.11. The number of aliphatic hydroxyl groups excluding tert-OH is 1. The van der Waals surface area contributed by atoms with E-state index in [0.29, 0.717) is 25.4 Å². The molecule has 1 aromatic rings. The predicted molar refractivity (Wildman–Crippen MR) is 74.8 cm³/mol. The SMILES string of the molecule is Cc1cccc(C)c1OC(=O)CN1CCOC(CO)C1. The van der Waals surface area contributed by atoms with E-state index in [4.69, 9.17) is 14.6 Å². The van der Waals surface area contributed by atoms with Gasteiger partial charge >= 0.3 is 5.97 Å². The van der Waals surface area contributed by atoms with E-state index in [9.17, 15) is 4.79 Å². The lowest BCUT2D eigenvalue weighted by Gasteiger charge is -2.31. The van der Waals surface area contributed by atoms with Gasteiger partial charge in [0.05, 0.1) is 25.9 Å². The van der Waals surface area contributed by atoms with E-state index >= 15 is 0 Å². The number of esters is 1. The maximum absolute atomic E-state index is 12.0. The number of benzene rings is 1. The van der Waals surface area contributed by atoms with Crippen molar-refractivity contribution in [2.24, 2.45) is 0 Å². The van der Waals surface area contributed by atoms with Crippen LogP contribution in [0.5, 0.6) is 5.75 Å². The van der Waals surface area contributed by atoms with Gasteiger partial charge in [-0.2, -0.15) is 0 Å². The Bertz CT molecular complexity index is 455. The highest BCUT2D eigenvalue weighted by Gasteiger charge is 2.22. The van der Waals surface area contributed by atoms with Gasteiger partial charge in [-0.25, -0.2) is 0 Å². The first-order valence-electron chi connectivity index (χ1n) is 6.82. The van der Waals surface area contributed by atoms with Crippen molar-refractivity contribution in [2.75, 3.05) is 32.8 Å². The number of ether oxygens (including phenoxy) is 2. The Balaban J connectivity index is 1.92. The van der Waals surface area contributed by atoms with Crippen LogP contribution in [0, 0.1) is 13.8 Å². The summed E-state index contributed by atoms with van der Waals surface area (Å²) >= 11 is 0. The van der Waals surface area contributed by atoms with Crippen LogP contribution in [0.3, 0.4) is 0 Å². The van der Waals surface area contributed by atoms with Crippen molar-refractivity contribution in [2.45, 2.75) is 20.0 Å². The summed E-state index contributed by atoms with van der Waals surface area (Å²) in [5, 5.41) is 9.08. The van der Waals surface area contributed by atoms with E-state index in [1.807, 2.05) is 36.9 Å². The molecule has 1 unspecified atom stereocenters. The van der Waals surface area contributed by atoms with Crippen molar-refractivity contribution in [3.8, 4) is 5.75 Å². The van der Waals surface area contributed by atoms with Crippen molar-refractivity contribution in [1.29, 1.82) is 0 Å². The molecule has 0 aromatic heterocycles. The third-order valence-corrected chi connectivity index (χ3v) is 3.40. The standard InChI is InChI=1S/C15H21NO4/c1-11-4-3-5-12(2)15(11)20-14(18)9-16-6-7-19-13(8-16)10-17/h3-5,13,17H,6-10H2,1-2H3. The summed E-state index contributed by atoms with van der Waals surface area (Å²) < 4.78 is 10.8. The lowest BCUT2D eigenvalue weighted by Crippen LogP contribution is -2.46. The molecule has 110 valence electrons. The Morgan fingerprint density at radius 3 is 2.80 bits per heavy atom. The van der Waals surface area contributed by atoms with Crippen LogP contribution >= 0.6 is 0 Å². The Morgan fingerprint density at radius 2 is 2.15 bits per heavy atom. The minimum Gasteiger partial charge on any atom is -0.425 e. The highest BCUT2D eigenvalue weighted by Crippen LogP contribution is 2.22. The molecule has 5 nitrogen and oxygen atoms in total. The molecule has 0 spiro atoms. The Morgan fingerprint density at radius 1 is 1.45 bits per heavy atom. The number of aliphatic hydroxyl groups is 1. The molecule has 1 fully saturated rings. The quantitative estimate of drug-likeness (QED) is 0.655. The highest BCUT2D eigenvalue weighted by atomic mass is 16.5. The van der Waals surface area contributed by atoms with Crippen LogP contribution in [0.15, 0.2) is 18.2 Å². The number of aryl methyl sites for hydroxylation is 2. The number of carbonyl (C=O) groups excluding carboxylic acids is 1. The van der Waals surface area contributed by atoms with Gasteiger partial charge in [0.15, 0.2) is 0 Å². The van der Waals surface area contributed by atoms with Gasteiger partial charge in [0.2, 0.25) is 0 Å². The largest absolute Gasteiger partial charge is 0.425 e. The number of nitrogens with zero attached hydrogens (tertiary/aromatic N) is 1. The minimum absolute atomic E-state index is 0.0253. The van der Waals surface area contributed by atoms with E-state index in [2.05, 4.69) is 0 Å². The molecular formula is C15H21NO4. The van der Waals surface area contributed by atoms with Crippen molar-refractivity contribution < 1.29 is 19.4 Å². The van der Waals surface area contributed by atoms with Gasteiger partial charge in [-0.15, -0.1) is 0 Å². The first-order chi connectivity index (χ1) is 9.60. The molecule has 1 aliphatic rings. The van der Waals surface area contributed by atoms with Crippen LogP contribution in [-0.2, 0) is 9.53 Å². The average molecular weight is 279 g/mol. The van der Waals surface area contributed by atoms with Crippen LogP contribution in [0.1, 0.15) is 11.1 Å². The summed E-state index contributed by atoms with van der Waals surface area (Å²) in [6.07, 6.45) is -0.211. The van der Waals surface area contributed by atoms with E-state index in [-0.39, 0.29) is 25.2 Å². The molecule has 0 radical (unpaired) electrons. The fraction of sp³-hybridized carbons (Fsp3) is 0.533. The first kappa shape index (κ1) is 15.0. The summed E-state index contributed by atoms with van der Waals surface area (Å²) in [7, 11) is 0. The van der Waals surface area contributed by atoms with Gasteiger partial charge < -0.3 is 14.6 Å². The molecule has 1 heterocycles. The van der Waals surface area contributed by atoms with Gasteiger partial charge in [-0.3, -0.25) is 9.69 Å². The molecule has 1 aliphatic heterocycles. The number of carbonyl (C=O) groups is 1. The van der Waals surface area contributed by atoms with Gasteiger partial charge in [-0.05, 0) is 25.0 Å². The maximum Gasteiger partial charge on any atom is 0.325 e. The fourth-order valence-corrected chi connectivity index (χ4v) is 2.32. The maximum atomic E-state index is 12.0. The van der Waals surface area contributed by atoms with E-state index in [1.54, 1.807) is 0 Å². The smallest absolute Gasteiger partial charge is 0.325 e. The Hall–Kier alpha value is -1.43. The number of rotatable bonds is 4. The third-order valence-electron chi connectivity index (χ3n) is 3.40. The Labute approximate surface area is 119 Å². The molecule has 20 heavy (non-hydrogen) atoms. The van der Waals surface area contributed by atoms with Crippen LogP contribution in [-0.4, -0.2) is 54.9 Å². The molecule has 1 aromatic carbocycles. The van der Waals surface area contributed by atoms with Gasteiger partial charge in [0.25, 0.3) is 0 Å². The number of hydrogen-bond donors (Lipinski definition) is 1. The zero-order valence-electron chi connectivity index (χ0n) is 12.0. The van der Waals surface area contributed by atoms with Crippen molar-refractivity contribution in [3.05, 3.63) is 29.3 Å². The second kappa shape index (κ2) is 6.83. The lowest BCUT2D eigenvalue weighted by molar-refractivity contribution is -0.138. The zero-order valence-corrected chi connectivity index (χ0v) is 12.0. The van der Waals surface area contributed by atoms with E-state index < -0.39 is 0 Å². The molecule has 1 atom stereocenters. The molecule has 5 heteroatoms. The monoisotopic (exact) mass is 279 g/mol. The summed E-state index contributed by atoms with van der Waals surface area (Å²) in [4.78, 5) is 14.0. The summed E-state index contributed by atoms with van der Waals surface area (Å²) in [6, 6.07) is 5.79. The van der Waals surface area contributed by atoms with Gasteiger partial charge in [-0.1, -0.05) is 18.2 Å². The van der Waals surface area contributed by atoms with Crippen molar-refractivity contribution in [3.63, 3.8) is 0 Å². The zero-order chi connectivity index (χ0) is 14.5. The second-order valence-corrected chi connectivity index (χ2v) is 5.11. The normalized spacial score (nSPS) is 19.9. The average Bonchev–Trinajstić information content (AvgIpc) is 2.43. The molecule has 0 aliphatic carbocycles. The molecule has 2 rings (SSSR count). The van der Waals surface area contributed by atoms with E-state index in [0.717, 1.165) is 11.1 Å². The minimum atomic E-state index is -0.277. The third kappa shape index (κ3) is 3.79.